The van der Waals surface area contributed by atoms with E-state index in [1.165, 1.54) is 0 Å². The van der Waals surface area contributed by atoms with Crippen LogP contribution in [0.25, 0.3) is 5.65 Å². The summed E-state index contributed by atoms with van der Waals surface area (Å²) in [5.41, 5.74) is 13.9. The van der Waals surface area contributed by atoms with E-state index in [2.05, 4.69) is 20.2 Å². The van der Waals surface area contributed by atoms with Gasteiger partial charge >= 0.3 is 0 Å². The third-order valence-electron chi connectivity index (χ3n) is 6.33. The zero-order valence-electron chi connectivity index (χ0n) is 18.2. The zero-order chi connectivity index (χ0) is 22.9. The number of anilines is 1. The van der Waals surface area contributed by atoms with Gasteiger partial charge in [0, 0.05) is 49.3 Å². The largest absolute Gasteiger partial charge is 0.474 e. The standard InChI is InChI=1S/C23H27N7O3/c24-14-12-29(13-14)16-7-9-30-19(11-27-20(30)10-16)22(32)28-15-3-5-17(6-4-15)33-23-18(21(25)31)2-1-8-26-23/h1-2,7-11,14-15,17H,3-6,12-13,24H2,(H2,25,31)(H,28,32)/t15-,17-. The summed E-state index contributed by atoms with van der Waals surface area (Å²) >= 11 is 0. The maximum absolute atomic E-state index is 12.9. The van der Waals surface area contributed by atoms with Gasteiger partial charge in [0.2, 0.25) is 5.88 Å². The highest BCUT2D eigenvalue weighted by molar-refractivity contribution is 5.95. The molecule has 2 aliphatic rings. The number of carbonyl (C=O) groups is 2. The summed E-state index contributed by atoms with van der Waals surface area (Å²) in [6.45, 7) is 1.67. The fraction of sp³-hybridized carbons (Fsp3) is 0.391. The molecule has 0 aromatic carbocycles. The number of aromatic nitrogens is 3. The van der Waals surface area contributed by atoms with Gasteiger partial charge in [0.15, 0.2) is 0 Å². The number of nitrogens with one attached hydrogen (secondary N) is 1. The van der Waals surface area contributed by atoms with Crippen LogP contribution in [-0.2, 0) is 0 Å². The van der Waals surface area contributed by atoms with Crippen LogP contribution < -0.4 is 26.4 Å². The fourth-order valence-electron chi connectivity index (χ4n) is 4.47. The van der Waals surface area contributed by atoms with Crippen LogP contribution >= 0.6 is 0 Å². The van der Waals surface area contributed by atoms with E-state index in [0.717, 1.165) is 50.1 Å². The lowest BCUT2D eigenvalue weighted by atomic mass is 9.93. The molecule has 1 aliphatic heterocycles. The van der Waals surface area contributed by atoms with Crippen molar-refractivity contribution in [2.24, 2.45) is 11.5 Å². The lowest BCUT2D eigenvalue weighted by molar-refractivity contribution is 0.0876. The van der Waals surface area contributed by atoms with Crippen molar-refractivity contribution < 1.29 is 14.3 Å². The molecule has 5 N–H and O–H groups in total. The first-order chi connectivity index (χ1) is 16.0. The molecular formula is C23H27N7O3. The SMILES string of the molecule is NC(=O)c1cccnc1O[C@H]1CC[C@H](NC(=O)c2cnc3cc(N4CC(N)C4)ccn23)CC1. The number of primary amides is 1. The second-order valence-electron chi connectivity index (χ2n) is 8.71. The van der Waals surface area contributed by atoms with Gasteiger partial charge in [-0.1, -0.05) is 0 Å². The Labute approximate surface area is 190 Å². The highest BCUT2D eigenvalue weighted by Crippen LogP contribution is 2.26. The summed E-state index contributed by atoms with van der Waals surface area (Å²) in [6.07, 6.45) is 8.01. The van der Waals surface area contributed by atoms with Crippen LogP contribution in [0.3, 0.4) is 0 Å². The normalized spacial score (nSPS) is 20.9. The van der Waals surface area contributed by atoms with Crippen LogP contribution in [0, 0.1) is 0 Å². The topological polar surface area (TPSA) is 141 Å². The van der Waals surface area contributed by atoms with Crippen LogP contribution in [0.4, 0.5) is 5.69 Å². The van der Waals surface area contributed by atoms with Gasteiger partial charge in [0.05, 0.1) is 6.20 Å². The van der Waals surface area contributed by atoms with Gasteiger partial charge < -0.3 is 26.4 Å². The second-order valence-corrected chi connectivity index (χ2v) is 8.71. The van der Waals surface area contributed by atoms with E-state index >= 15 is 0 Å². The molecule has 3 aromatic heterocycles. The van der Waals surface area contributed by atoms with E-state index < -0.39 is 5.91 Å². The first-order valence-corrected chi connectivity index (χ1v) is 11.2. The summed E-state index contributed by atoms with van der Waals surface area (Å²) in [6, 6.07) is 7.48. The summed E-state index contributed by atoms with van der Waals surface area (Å²) in [4.78, 5) is 35.2. The van der Waals surface area contributed by atoms with E-state index in [1.807, 2.05) is 18.3 Å². The molecule has 1 saturated carbocycles. The van der Waals surface area contributed by atoms with Crippen LogP contribution in [0.1, 0.15) is 46.5 Å². The number of nitrogens with zero attached hydrogens (tertiary/aromatic N) is 4. The van der Waals surface area contributed by atoms with Crippen LogP contribution in [-0.4, -0.2) is 57.5 Å². The molecule has 33 heavy (non-hydrogen) atoms. The van der Waals surface area contributed by atoms with Crippen molar-refractivity contribution in [1.82, 2.24) is 19.7 Å². The Balaban J connectivity index is 1.18. The molecule has 0 unspecified atom stereocenters. The van der Waals surface area contributed by atoms with Crippen LogP contribution in [0.5, 0.6) is 5.88 Å². The number of hydrogen-bond donors (Lipinski definition) is 3. The van der Waals surface area contributed by atoms with Gasteiger partial charge in [-0.15, -0.1) is 0 Å². The van der Waals surface area contributed by atoms with Gasteiger partial charge in [0.25, 0.3) is 11.8 Å². The Kier molecular flexibility index (Phi) is 5.59. The Bertz CT molecular complexity index is 1180. The molecule has 2 fully saturated rings. The van der Waals surface area contributed by atoms with Gasteiger partial charge in [-0.2, -0.15) is 0 Å². The second kappa shape index (κ2) is 8.70. The number of hydrogen-bond acceptors (Lipinski definition) is 7. The Hall–Kier alpha value is -3.66. The summed E-state index contributed by atoms with van der Waals surface area (Å²) in [7, 11) is 0. The van der Waals surface area contributed by atoms with Crippen molar-refractivity contribution in [1.29, 1.82) is 0 Å². The van der Waals surface area contributed by atoms with Crippen LogP contribution in [0.15, 0.2) is 42.9 Å². The van der Waals surface area contributed by atoms with E-state index in [-0.39, 0.29) is 35.5 Å². The average molecular weight is 450 g/mol. The maximum Gasteiger partial charge on any atom is 0.270 e. The summed E-state index contributed by atoms with van der Waals surface area (Å²) in [5.74, 6) is -0.443. The predicted molar refractivity (Wildman–Crippen MR) is 122 cm³/mol. The molecule has 1 aliphatic carbocycles. The smallest absolute Gasteiger partial charge is 0.270 e. The van der Waals surface area contributed by atoms with Gasteiger partial charge in [-0.3, -0.25) is 14.0 Å². The zero-order valence-corrected chi connectivity index (χ0v) is 18.2. The molecule has 10 nitrogen and oxygen atoms in total. The minimum atomic E-state index is -0.562. The minimum Gasteiger partial charge on any atom is -0.474 e. The maximum atomic E-state index is 12.9. The van der Waals surface area contributed by atoms with Gasteiger partial charge in [0.1, 0.15) is 23.0 Å². The number of amides is 2. The Morgan fingerprint density at radius 2 is 1.91 bits per heavy atom. The van der Waals surface area contributed by atoms with E-state index in [4.69, 9.17) is 16.2 Å². The number of ether oxygens (including phenoxy) is 1. The van der Waals surface area contributed by atoms with Gasteiger partial charge in [-0.05, 0) is 43.9 Å². The number of carbonyl (C=O) groups excluding carboxylic acids is 2. The molecule has 0 radical (unpaired) electrons. The number of fused-ring (bicyclic) bond motifs is 1. The van der Waals surface area contributed by atoms with Crippen molar-refractivity contribution in [2.45, 2.75) is 43.9 Å². The average Bonchev–Trinajstić information content (AvgIpc) is 3.22. The van der Waals surface area contributed by atoms with Crippen molar-refractivity contribution in [3.63, 3.8) is 0 Å². The van der Waals surface area contributed by atoms with Crippen molar-refractivity contribution in [3.8, 4) is 5.88 Å². The Morgan fingerprint density at radius 1 is 1.12 bits per heavy atom. The highest BCUT2D eigenvalue weighted by Gasteiger charge is 2.27. The molecular weight excluding hydrogens is 422 g/mol. The fourth-order valence-corrected chi connectivity index (χ4v) is 4.47. The summed E-state index contributed by atoms with van der Waals surface area (Å²) in [5, 5.41) is 3.12. The lowest BCUT2D eigenvalue weighted by Crippen LogP contribution is -2.55. The van der Waals surface area contributed by atoms with E-state index in [1.54, 1.807) is 28.9 Å². The third-order valence-corrected chi connectivity index (χ3v) is 6.33. The Morgan fingerprint density at radius 3 is 2.64 bits per heavy atom. The number of rotatable bonds is 6. The molecule has 4 heterocycles. The quantitative estimate of drug-likeness (QED) is 0.512. The molecule has 5 rings (SSSR count). The molecule has 0 bridgehead atoms. The first-order valence-electron chi connectivity index (χ1n) is 11.2. The first kappa shape index (κ1) is 21.2. The number of pyridine rings is 2. The monoisotopic (exact) mass is 449 g/mol. The predicted octanol–water partition coefficient (Wildman–Crippen LogP) is 1.10. The van der Waals surface area contributed by atoms with Crippen molar-refractivity contribution in [3.05, 3.63) is 54.1 Å². The molecule has 0 atom stereocenters. The summed E-state index contributed by atoms with van der Waals surface area (Å²) < 4.78 is 7.74. The molecule has 2 amide bonds. The molecule has 10 heteroatoms. The van der Waals surface area contributed by atoms with Crippen molar-refractivity contribution >= 4 is 23.1 Å². The molecule has 3 aromatic rings. The van der Waals surface area contributed by atoms with E-state index in [0.29, 0.717) is 5.69 Å². The van der Waals surface area contributed by atoms with Crippen molar-refractivity contribution in [2.75, 3.05) is 18.0 Å². The number of imidazole rings is 1. The molecule has 1 saturated heterocycles. The minimum absolute atomic E-state index is 0.0455. The van der Waals surface area contributed by atoms with Crippen LogP contribution in [0.2, 0.25) is 0 Å². The highest BCUT2D eigenvalue weighted by atomic mass is 16.5. The molecule has 172 valence electrons. The number of nitrogens with two attached hydrogens (primary N) is 2. The van der Waals surface area contributed by atoms with Gasteiger partial charge in [-0.25, -0.2) is 9.97 Å². The van der Waals surface area contributed by atoms with E-state index in [9.17, 15) is 9.59 Å². The lowest BCUT2D eigenvalue weighted by Gasteiger charge is -2.38. The third kappa shape index (κ3) is 4.34. The molecule has 0 spiro atoms.